The fourth-order valence-corrected chi connectivity index (χ4v) is 5.03. The highest BCUT2D eigenvalue weighted by atomic mass is 15.1. The predicted octanol–water partition coefficient (Wildman–Crippen LogP) is 4.53. The van der Waals surface area contributed by atoms with Gasteiger partial charge in [-0.1, -0.05) is 42.5 Å². The highest BCUT2D eigenvalue weighted by Gasteiger charge is 2.47. The van der Waals surface area contributed by atoms with Gasteiger partial charge in [-0.25, -0.2) is 0 Å². The fourth-order valence-electron chi connectivity index (χ4n) is 5.03. The monoisotopic (exact) mass is 279 g/mol. The Hall–Kier alpha value is -1.34. The second kappa shape index (κ2) is 5.14. The van der Waals surface area contributed by atoms with E-state index in [0.717, 1.165) is 23.7 Å². The van der Waals surface area contributed by atoms with E-state index in [1.54, 1.807) is 5.56 Å². The van der Waals surface area contributed by atoms with Gasteiger partial charge in [-0.15, -0.1) is 0 Å². The van der Waals surface area contributed by atoms with Gasteiger partial charge in [0.25, 0.3) is 0 Å². The number of hydrogen-bond acceptors (Lipinski definition) is 1. The third-order valence-electron chi connectivity index (χ3n) is 5.82. The zero-order valence-corrected chi connectivity index (χ0v) is 13.1. The first kappa shape index (κ1) is 13.3. The van der Waals surface area contributed by atoms with Crippen molar-refractivity contribution < 1.29 is 0 Å². The van der Waals surface area contributed by atoms with Crippen LogP contribution in [0.2, 0.25) is 0 Å². The van der Waals surface area contributed by atoms with E-state index >= 15 is 0 Å². The van der Waals surface area contributed by atoms with Crippen LogP contribution in [0, 0.1) is 17.8 Å². The molecule has 0 aliphatic heterocycles. The van der Waals surface area contributed by atoms with Crippen LogP contribution in [0.25, 0.3) is 10.8 Å². The Morgan fingerprint density at radius 1 is 0.952 bits per heavy atom. The van der Waals surface area contributed by atoms with Crippen molar-refractivity contribution in [2.45, 2.75) is 25.2 Å². The molecule has 2 aliphatic rings. The number of hydrogen-bond donors (Lipinski definition) is 0. The smallest absolute Gasteiger partial charge is 0.00122 e. The zero-order chi connectivity index (χ0) is 14.4. The molecule has 4 atom stereocenters. The molecule has 2 aliphatic carbocycles. The molecule has 2 aromatic rings. The van der Waals surface area contributed by atoms with Crippen LogP contribution in [0.3, 0.4) is 0 Å². The average Bonchev–Trinajstić information content (AvgIpc) is 3.07. The molecule has 1 heteroatoms. The first-order chi connectivity index (χ1) is 10.2. The van der Waals surface area contributed by atoms with Crippen LogP contribution in [-0.2, 0) is 0 Å². The summed E-state index contributed by atoms with van der Waals surface area (Å²) < 4.78 is 0. The molecule has 2 aromatic carbocycles. The minimum absolute atomic E-state index is 0.788. The first-order valence-electron chi connectivity index (χ1n) is 8.36. The van der Waals surface area contributed by atoms with E-state index in [1.807, 2.05) is 0 Å². The Morgan fingerprint density at radius 2 is 1.71 bits per heavy atom. The number of rotatable bonds is 3. The molecule has 0 amide bonds. The molecule has 4 rings (SSSR count). The molecule has 0 N–H and O–H groups in total. The summed E-state index contributed by atoms with van der Waals surface area (Å²) >= 11 is 0. The van der Waals surface area contributed by atoms with E-state index in [9.17, 15) is 0 Å². The van der Waals surface area contributed by atoms with Gasteiger partial charge in [-0.05, 0) is 73.4 Å². The van der Waals surface area contributed by atoms with E-state index in [2.05, 4.69) is 61.5 Å². The third-order valence-corrected chi connectivity index (χ3v) is 5.82. The zero-order valence-electron chi connectivity index (χ0n) is 13.1. The Bertz CT molecular complexity index is 645. The van der Waals surface area contributed by atoms with Crippen molar-refractivity contribution in [3.63, 3.8) is 0 Å². The van der Waals surface area contributed by atoms with Crippen LogP contribution in [0.4, 0.5) is 0 Å². The van der Waals surface area contributed by atoms with Crippen molar-refractivity contribution in [3.8, 4) is 0 Å². The van der Waals surface area contributed by atoms with E-state index in [1.165, 1.54) is 36.6 Å². The van der Waals surface area contributed by atoms with Crippen molar-refractivity contribution in [1.82, 2.24) is 4.90 Å². The molecule has 2 saturated carbocycles. The van der Waals surface area contributed by atoms with Crippen LogP contribution in [0.5, 0.6) is 0 Å². The summed E-state index contributed by atoms with van der Waals surface area (Å²) in [5, 5.41) is 2.77. The number of nitrogens with zero attached hydrogens (tertiary/aromatic N) is 1. The summed E-state index contributed by atoms with van der Waals surface area (Å²) in [7, 11) is 4.45. The van der Waals surface area contributed by atoms with Gasteiger partial charge in [0, 0.05) is 6.54 Å². The largest absolute Gasteiger partial charge is 0.309 e. The van der Waals surface area contributed by atoms with Gasteiger partial charge in [-0.2, -0.15) is 0 Å². The molecule has 2 unspecified atom stereocenters. The van der Waals surface area contributed by atoms with E-state index in [0.29, 0.717) is 0 Å². The molecular formula is C20H25N. The van der Waals surface area contributed by atoms with Gasteiger partial charge in [0.05, 0.1) is 0 Å². The Balaban J connectivity index is 1.71. The molecule has 21 heavy (non-hydrogen) atoms. The third kappa shape index (κ3) is 2.28. The van der Waals surface area contributed by atoms with Crippen molar-refractivity contribution in [2.24, 2.45) is 17.8 Å². The van der Waals surface area contributed by atoms with Gasteiger partial charge >= 0.3 is 0 Å². The lowest BCUT2D eigenvalue weighted by Crippen LogP contribution is -2.30. The average molecular weight is 279 g/mol. The van der Waals surface area contributed by atoms with E-state index in [-0.39, 0.29) is 0 Å². The molecule has 0 heterocycles. The van der Waals surface area contributed by atoms with Gasteiger partial charge in [0.1, 0.15) is 0 Å². The molecule has 1 nitrogen and oxygen atoms in total. The molecule has 0 radical (unpaired) electrons. The molecule has 110 valence electrons. The summed E-state index contributed by atoms with van der Waals surface area (Å²) in [6.45, 7) is 1.25. The summed E-state index contributed by atoms with van der Waals surface area (Å²) in [5.74, 6) is 3.55. The van der Waals surface area contributed by atoms with Crippen LogP contribution in [0.15, 0.2) is 42.5 Å². The second-order valence-corrected chi connectivity index (χ2v) is 7.39. The topological polar surface area (TPSA) is 3.24 Å². The van der Waals surface area contributed by atoms with E-state index < -0.39 is 0 Å². The summed E-state index contributed by atoms with van der Waals surface area (Å²) in [6, 6.07) is 16.0. The Labute approximate surface area is 128 Å². The molecule has 2 bridgehead atoms. The number of fused-ring (bicyclic) bond motifs is 3. The number of benzene rings is 2. The summed E-state index contributed by atoms with van der Waals surface area (Å²) in [5.41, 5.74) is 1.59. The molecule has 0 saturated heterocycles. The Kier molecular flexibility index (Phi) is 3.26. The van der Waals surface area contributed by atoms with Crippen molar-refractivity contribution in [1.29, 1.82) is 0 Å². The first-order valence-corrected chi connectivity index (χ1v) is 8.36. The molecular weight excluding hydrogens is 254 g/mol. The molecule has 2 fully saturated rings. The van der Waals surface area contributed by atoms with E-state index in [4.69, 9.17) is 0 Å². The lowest BCUT2D eigenvalue weighted by atomic mass is 9.75. The lowest BCUT2D eigenvalue weighted by molar-refractivity contribution is 0.219. The van der Waals surface area contributed by atoms with Gasteiger partial charge < -0.3 is 4.90 Å². The second-order valence-electron chi connectivity index (χ2n) is 7.39. The van der Waals surface area contributed by atoms with Crippen LogP contribution in [0.1, 0.15) is 30.7 Å². The summed E-state index contributed by atoms with van der Waals surface area (Å²) in [6.07, 6.45) is 4.38. The maximum Gasteiger partial charge on any atom is 0.00122 e. The minimum Gasteiger partial charge on any atom is -0.309 e. The van der Waals surface area contributed by atoms with Crippen molar-refractivity contribution in [2.75, 3.05) is 20.6 Å². The standard InChI is InChI=1S/C20H25N/c1-21(2)13-19-16-8-10-18(12-16)20(19)17-9-7-14-5-3-4-6-15(14)11-17/h3-7,9,11,16,18-20H,8,10,12-13H2,1-2H3/t16-,18-,19?,20?/m0/s1. The van der Waals surface area contributed by atoms with Crippen LogP contribution < -0.4 is 0 Å². The van der Waals surface area contributed by atoms with Gasteiger partial charge in [0.15, 0.2) is 0 Å². The maximum absolute atomic E-state index is 2.46. The van der Waals surface area contributed by atoms with Crippen molar-refractivity contribution >= 4 is 10.8 Å². The fraction of sp³-hybridized carbons (Fsp3) is 0.500. The van der Waals surface area contributed by atoms with Crippen LogP contribution >= 0.6 is 0 Å². The predicted molar refractivity (Wildman–Crippen MR) is 89.6 cm³/mol. The SMILES string of the molecule is CN(C)CC1C(c2ccc3ccccc3c2)[C@H]2CC[C@H]1C2. The molecule has 0 spiro atoms. The van der Waals surface area contributed by atoms with Crippen molar-refractivity contribution in [3.05, 3.63) is 48.0 Å². The van der Waals surface area contributed by atoms with Gasteiger partial charge in [0.2, 0.25) is 0 Å². The normalized spacial score (nSPS) is 31.4. The lowest BCUT2D eigenvalue weighted by Gasteiger charge is -2.33. The highest BCUT2D eigenvalue weighted by Crippen LogP contribution is 2.56. The summed E-state index contributed by atoms with van der Waals surface area (Å²) in [4.78, 5) is 2.39. The molecule has 0 aromatic heterocycles. The maximum atomic E-state index is 2.46. The Morgan fingerprint density at radius 3 is 2.52 bits per heavy atom. The highest BCUT2D eigenvalue weighted by molar-refractivity contribution is 5.83. The van der Waals surface area contributed by atoms with Gasteiger partial charge in [-0.3, -0.25) is 0 Å². The quantitative estimate of drug-likeness (QED) is 0.798. The van der Waals surface area contributed by atoms with Crippen LogP contribution in [-0.4, -0.2) is 25.5 Å². The minimum atomic E-state index is 0.788.